The second kappa shape index (κ2) is 10.3. The van der Waals surface area contributed by atoms with Crippen LogP contribution in [0.2, 0.25) is 5.02 Å². The Labute approximate surface area is 183 Å². The zero-order valence-electron chi connectivity index (χ0n) is 17.1. The van der Waals surface area contributed by atoms with Gasteiger partial charge >= 0.3 is 0 Å². The Morgan fingerprint density at radius 1 is 1.10 bits per heavy atom. The van der Waals surface area contributed by atoms with Crippen molar-refractivity contribution >= 4 is 27.5 Å². The summed E-state index contributed by atoms with van der Waals surface area (Å²) in [5.74, 6) is 0.501. The predicted octanol–water partition coefficient (Wildman–Crippen LogP) is 3.89. The molecule has 1 aliphatic heterocycles. The number of ether oxygens (including phenoxy) is 1. The van der Waals surface area contributed by atoms with E-state index in [0.717, 1.165) is 43.4 Å². The predicted molar refractivity (Wildman–Crippen MR) is 118 cm³/mol. The van der Waals surface area contributed by atoms with Crippen LogP contribution in [0.5, 0.6) is 5.75 Å². The van der Waals surface area contributed by atoms with Gasteiger partial charge in [-0.05, 0) is 61.6 Å². The van der Waals surface area contributed by atoms with Gasteiger partial charge < -0.3 is 10.1 Å². The first kappa shape index (κ1) is 22.6. The van der Waals surface area contributed by atoms with E-state index in [-0.39, 0.29) is 15.8 Å². The molecule has 0 atom stereocenters. The zero-order chi connectivity index (χ0) is 21.6. The highest BCUT2D eigenvalue weighted by Crippen LogP contribution is 2.28. The van der Waals surface area contributed by atoms with Crippen molar-refractivity contribution < 1.29 is 17.9 Å². The molecule has 1 N–H and O–H groups in total. The molecule has 0 unspecified atom stereocenters. The minimum Gasteiger partial charge on any atom is -0.497 e. The maximum Gasteiger partial charge on any atom is 0.251 e. The van der Waals surface area contributed by atoms with Crippen molar-refractivity contribution in [1.29, 1.82) is 0 Å². The van der Waals surface area contributed by atoms with Crippen molar-refractivity contribution in [2.24, 2.45) is 0 Å². The van der Waals surface area contributed by atoms with Crippen molar-refractivity contribution in [1.82, 2.24) is 9.62 Å². The van der Waals surface area contributed by atoms with Crippen molar-refractivity contribution in [3.63, 3.8) is 0 Å². The normalized spacial score (nSPS) is 15.0. The van der Waals surface area contributed by atoms with Gasteiger partial charge in [0.25, 0.3) is 5.91 Å². The molecule has 1 heterocycles. The largest absolute Gasteiger partial charge is 0.497 e. The molecule has 1 fully saturated rings. The van der Waals surface area contributed by atoms with Crippen molar-refractivity contribution in [3.8, 4) is 5.75 Å². The molecule has 8 heteroatoms. The average molecular weight is 451 g/mol. The molecule has 0 radical (unpaired) electrons. The Kier molecular flexibility index (Phi) is 7.75. The number of methoxy groups -OCH3 is 1. The van der Waals surface area contributed by atoms with E-state index in [1.165, 1.54) is 16.4 Å². The smallest absolute Gasteiger partial charge is 0.251 e. The Hall–Kier alpha value is -2.09. The van der Waals surface area contributed by atoms with Crippen molar-refractivity contribution in [2.45, 2.75) is 37.0 Å². The van der Waals surface area contributed by atoms with Gasteiger partial charge in [-0.2, -0.15) is 4.31 Å². The number of sulfonamides is 1. The number of rotatable bonds is 8. The Balaban J connectivity index is 1.60. The van der Waals surface area contributed by atoms with Crippen molar-refractivity contribution in [2.75, 3.05) is 26.7 Å². The van der Waals surface area contributed by atoms with Gasteiger partial charge in [0.15, 0.2) is 0 Å². The van der Waals surface area contributed by atoms with E-state index < -0.39 is 10.0 Å². The minimum absolute atomic E-state index is 0.00282. The van der Waals surface area contributed by atoms with Crippen LogP contribution in [0, 0.1) is 0 Å². The van der Waals surface area contributed by atoms with Crippen LogP contribution in [0.1, 0.15) is 41.6 Å². The number of hydrogen-bond donors (Lipinski definition) is 1. The SMILES string of the molecule is COc1ccc(CCCNC(=O)c2ccc(Cl)c(S(=O)(=O)N3CCCCC3)c2)cc1. The molecule has 0 aromatic heterocycles. The number of hydrogen-bond acceptors (Lipinski definition) is 4. The summed E-state index contributed by atoms with van der Waals surface area (Å²) >= 11 is 6.17. The highest BCUT2D eigenvalue weighted by atomic mass is 35.5. The number of carbonyl (C=O) groups excluding carboxylic acids is 1. The molecule has 2 aromatic rings. The summed E-state index contributed by atoms with van der Waals surface area (Å²) in [4.78, 5) is 12.5. The molecular formula is C22H27ClN2O4S. The van der Waals surface area contributed by atoms with Crippen LogP contribution in [0.25, 0.3) is 0 Å². The summed E-state index contributed by atoms with van der Waals surface area (Å²) in [7, 11) is -2.08. The molecule has 2 aromatic carbocycles. The molecule has 1 amide bonds. The molecule has 1 saturated heterocycles. The van der Waals surface area contributed by atoms with Gasteiger partial charge in [-0.25, -0.2) is 8.42 Å². The lowest BCUT2D eigenvalue weighted by Gasteiger charge is -2.26. The second-order valence-electron chi connectivity index (χ2n) is 7.32. The van der Waals surface area contributed by atoms with E-state index in [1.54, 1.807) is 13.2 Å². The molecule has 0 aliphatic carbocycles. The van der Waals surface area contributed by atoms with Gasteiger partial charge in [-0.3, -0.25) is 4.79 Å². The average Bonchev–Trinajstić information content (AvgIpc) is 2.77. The van der Waals surface area contributed by atoms with Crippen LogP contribution in [0.4, 0.5) is 0 Å². The van der Waals surface area contributed by atoms with E-state index in [4.69, 9.17) is 16.3 Å². The van der Waals surface area contributed by atoms with E-state index in [9.17, 15) is 13.2 Å². The van der Waals surface area contributed by atoms with Gasteiger partial charge in [-0.1, -0.05) is 30.2 Å². The molecule has 3 rings (SSSR count). The third kappa shape index (κ3) is 5.53. The lowest BCUT2D eigenvalue weighted by atomic mass is 10.1. The van der Waals surface area contributed by atoms with Gasteiger partial charge in [0.2, 0.25) is 10.0 Å². The number of benzene rings is 2. The third-order valence-electron chi connectivity index (χ3n) is 5.21. The first-order chi connectivity index (χ1) is 14.4. The number of carbonyl (C=O) groups is 1. The summed E-state index contributed by atoms with van der Waals surface area (Å²) in [6, 6.07) is 12.2. The topological polar surface area (TPSA) is 75.7 Å². The highest BCUT2D eigenvalue weighted by Gasteiger charge is 2.28. The van der Waals surface area contributed by atoms with Gasteiger partial charge in [-0.15, -0.1) is 0 Å². The number of halogens is 1. The standard InChI is InChI=1S/C22H27ClN2O4S/c1-29-19-10-7-17(8-11-19)6-5-13-24-22(26)18-9-12-20(23)21(16-18)30(27,28)25-14-3-2-4-15-25/h7-12,16H,2-6,13-15H2,1H3,(H,24,26). The fraction of sp³-hybridized carbons (Fsp3) is 0.409. The molecule has 30 heavy (non-hydrogen) atoms. The van der Waals surface area contributed by atoms with Crippen LogP contribution < -0.4 is 10.1 Å². The van der Waals surface area contributed by atoms with Crippen LogP contribution in [-0.2, 0) is 16.4 Å². The summed E-state index contributed by atoms with van der Waals surface area (Å²) in [6.07, 6.45) is 4.29. The van der Waals surface area contributed by atoms with E-state index in [0.29, 0.717) is 25.2 Å². The molecule has 6 nitrogen and oxygen atoms in total. The number of nitrogens with zero attached hydrogens (tertiary/aromatic N) is 1. The number of amides is 1. The van der Waals surface area contributed by atoms with E-state index in [1.807, 2.05) is 24.3 Å². The first-order valence-corrected chi connectivity index (χ1v) is 11.9. The van der Waals surface area contributed by atoms with Crippen LogP contribution in [-0.4, -0.2) is 45.4 Å². The van der Waals surface area contributed by atoms with Crippen molar-refractivity contribution in [3.05, 3.63) is 58.6 Å². The fourth-order valence-corrected chi connectivity index (χ4v) is 5.49. The molecule has 0 spiro atoms. The van der Waals surface area contributed by atoms with Crippen LogP contribution >= 0.6 is 11.6 Å². The maximum absolute atomic E-state index is 12.9. The summed E-state index contributed by atoms with van der Waals surface area (Å²) in [6.45, 7) is 1.46. The van der Waals surface area contributed by atoms with Gasteiger partial charge in [0.1, 0.15) is 10.6 Å². The minimum atomic E-state index is -3.70. The van der Waals surface area contributed by atoms with Crippen LogP contribution in [0.3, 0.4) is 0 Å². The Morgan fingerprint density at radius 3 is 2.47 bits per heavy atom. The summed E-state index contributed by atoms with van der Waals surface area (Å²) in [5.41, 5.74) is 1.45. The molecule has 162 valence electrons. The summed E-state index contributed by atoms with van der Waals surface area (Å²) in [5, 5.41) is 2.99. The monoisotopic (exact) mass is 450 g/mol. The maximum atomic E-state index is 12.9. The number of nitrogens with one attached hydrogen (secondary N) is 1. The lowest BCUT2D eigenvalue weighted by Crippen LogP contribution is -2.36. The molecular weight excluding hydrogens is 424 g/mol. The molecule has 0 saturated carbocycles. The quantitative estimate of drug-likeness (QED) is 0.619. The Bertz CT molecular complexity index is 971. The van der Waals surface area contributed by atoms with E-state index in [2.05, 4.69) is 5.32 Å². The third-order valence-corrected chi connectivity index (χ3v) is 7.59. The van der Waals surface area contributed by atoms with Gasteiger partial charge in [0, 0.05) is 25.2 Å². The molecule has 1 aliphatic rings. The number of aryl methyl sites for hydroxylation is 1. The van der Waals surface area contributed by atoms with E-state index >= 15 is 0 Å². The second-order valence-corrected chi connectivity index (χ2v) is 9.63. The highest BCUT2D eigenvalue weighted by molar-refractivity contribution is 7.89. The van der Waals surface area contributed by atoms with Crippen LogP contribution in [0.15, 0.2) is 47.4 Å². The van der Waals surface area contributed by atoms with Gasteiger partial charge in [0.05, 0.1) is 12.1 Å². The lowest BCUT2D eigenvalue weighted by molar-refractivity contribution is 0.0953. The molecule has 0 bridgehead atoms. The Morgan fingerprint density at radius 2 is 1.80 bits per heavy atom. The fourth-order valence-electron chi connectivity index (χ4n) is 3.48. The summed E-state index contributed by atoms with van der Waals surface area (Å²) < 4.78 is 32.5. The first-order valence-electron chi connectivity index (χ1n) is 10.1. The zero-order valence-corrected chi connectivity index (χ0v) is 18.6. The number of piperidine rings is 1.